The molecule has 0 heterocycles. The minimum absolute atomic E-state index is 0. The molecule has 8 heteroatoms. The zero-order chi connectivity index (χ0) is 5.15. The predicted molar refractivity (Wildman–Crippen MR) is 40.6 cm³/mol. The largest absolute Gasteiger partial charge is 2.00 e. The van der Waals surface area contributed by atoms with Gasteiger partial charge in [-0.1, -0.05) is 0 Å². The van der Waals surface area contributed by atoms with Gasteiger partial charge in [-0.2, -0.15) is 0 Å². The molecule has 0 rings (SSSR count). The van der Waals surface area contributed by atoms with Gasteiger partial charge in [-0.15, -0.1) is 0 Å². The SMILES string of the molecule is CC(O)C(=O)[O-].[NH4+].[NH4+].[NH4+].[NH4+].[Ti+2]. The topological polar surface area (TPSA) is 206 Å². The standard InChI is InChI=1S/C3H6O3.4H3N.Ti/c1-2(4)3(5)6;;;;;/h2,4H,1H3,(H,5,6);4*1H3;/q;;;;;+2/p+3. The first kappa shape index (κ1) is 44.1. The van der Waals surface area contributed by atoms with Crippen LogP contribution in [0.5, 0.6) is 0 Å². The Hall–Kier alpha value is -0.0157. The van der Waals surface area contributed by atoms with Crippen molar-refractivity contribution in [3.63, 3.8) is 0 Å². The summed E-state index contributed by atoms with van der Waals surface area (Å²) in [5.41, 5.74) is 0. The summed E-state index contributed by atoms with van der Waals surface area (Å²) in [4.78, 5) is 9.34. The fraction of sp³-hybridized carbons (Fsp3) is 0.667. The number of aliphatic hydroxyl groups is 1. The van der Waals surface area contributed by atoms with Crippen LogP contribution in [0.3, 0.4) is 0 Å². The number of carbonyl (C=O) groups is 1. The molecule has 0 aliphatic carbocycles. The van der Waals surface area contributed by atoms with E-state index < -0.39 is 12.1 Å². The van der Waals surface area contributed by atoms with Crippen LogP contribution in [0.1, 0.15) is 6.92 Å². The summed E-state index contributed by atoms with van der Waals surface area (Å²) in [5.74, 6) is -1.44. The van der Waals surface area contributed by atoms with E-state index in [1.165, 1.54) is 0 Å². The second-order valence-corrected chi connectivity index (χ2v) is 0.995. The Kier molecular flexibility index (Phi) is 90.2. The summed E-state index contributed by atoms with van der Waals surface area (Å²) in [6.45, 7) is 1.13. The molecule has 0 aromatic carbocycles. The molecular formula is C3H21N4O3Ti+5. The van der Waals surface area contributed by atoms with Crippen molar-refractivity contribution in [1.29, 1.82) is 0 Å². The zero-order valence-corrected chi connectivity index (χ0v) is 9.40. The minimum atomic E-state index is -1.44. The normalized spacial score (nSPS) is 7.45. The van der Waals surface area contributed by atoms with E-state index in [1.54, 1.807) is 0 Å². The molecular weight excluding hydrogens is 188 g/mol. The van der Waals surface area contributed by atoms with Gasteiger partial charge in [-0.05, 0) is 6.92 Å². The van der Waals surface area contributed by atoms with E-state index in [9.17, 15) is 9.90 Å². The van der Waals surface area contributed by atoms with Crippen molar-refractivity contribution in [3.05, 3.63) is 0 Å². The summed E-state index contributed by atoms with van der Waals surface area (Å²) < 4.78 is 0. The Morgan fingerprint density at radius 1 is 1.27 bits per heavy atom. The van der Waals surface area contributed by atoms with Crippen LogP contribution < -0.4 is 29.7 Å². The molecule has 0 aromatic heterocycles. The third-order valence-corrected chi connectivity index (χ3v) is 0.341. The maximum Gasteiger partial charge on any atom is 2.00 e. The zero-order valence-electron chi connectivity index (χ0n) is 7.84. The smallest absolute Gasteiger partial charge is 0.547 e. The van der Waals surface area contributed by atoms with E-state index in [1.807, 2.05) is 0 Å². The van der Waals surface area contributed by atoms with Gasteiger partial charge >= 0.3 is 21.7 Å². The van der Waals surface area contributed by atoms with Crippen LogP contribution in [-0.4, -0.2) is 17.2 Å². The Balaban J connectivity index is -0.0000000125. The number of quaternary nitrogens is 4. The first-order valence-corrected chi connectivity index (χ1v) is 1.53. The Bertz CT molecular complexity index is 71.6. The van der Waals surface area contributed by atoms with Crippen LogP contribution in [0.2, 0.25) is 0 Å². The van der Waals surface area contributed by atoms with Gasteiger partial charge in [-0.3, -0.25) is 0 Å². The summed E-state index contributed by atoms with van der Waals surface area (Å²) in [6.07, 6.45) is -1.34. The van der Waals surface area contributed by atoms with Crippen molar-refractivity contribution in [2.75, 3.05) is 0 Å². The van der Waals surface area contributed by atoms with Crippen LogP contribution >= 0.6 is 0 Å². The van der Waals surface area contributed by atoms with Gasteiger partial charge in [0.1, 0.15) is 0 Å². The number of aliphatic hydroxyl groups excluding tert-OH is 1. The van der Waals surface area contributed by atoms with Crippen LogP contribution in [0, 0.1) is 0 Å². The van der Waals surface area contributed by atoms with E-state index in [4.69, 9.17) is 5.11 Å². The maximum atomic E-state index is 9.34. The number of carbonyl (C=O) groups excluding carboxylic acids is 1. The molecule has 0 aliphatic heterocycles. The first-order chi connectivity index (χ1) is 2.64. The van der Waals surface area contributed by atoms with Gasteiger partial charge < -0.3 is 39.6 Å². The van der Waals surface area contributed by atoms with Gasteiger partial charge in [0.05, 0.1) is 12.1 Å². The summed E-state index contributed by atoms with van der Waals surface area (Å²) in [5, 5.41) is 17.3. The van der Waals surface area contributed by atoms with Gasteiger partial charge in [-0.25, -0.2) is 0 Å². The van der Waals surface area contributed by atoms with Crippen LogP contribution in [0.4, 0.5) is 0 Å². The number of hydrogen-bond acceptors (Lipinski definition) is 3. The van der Waals surface area contributed by atoms with E-state index in [2.05, 4.69) is 0 Å². The third-order valence-electron chi connectivity index (χ3n) is 0.341. The predicted octanol–water partition coefficient (Wildman–Crippen LogP) is -0.381. The van der Waals surface area contributed by atoms with Gasteiger partial charge in [0.2, 0.25) is 0 Å². The summed E-state index contributed by atoms with van der Waals surface area (Å²) in [7, 11) is 0. The van der Waals surface area contributed by atoms with E-state index >= 15 is 0 Å². The monoisotopic (exact) mass is 209 g/mol. The van der Waals surface area contributed by atoms with Crippen molar-refractivity contribution in [3.8, 4) is 0 Å². The molecule has 0 saturated carbocycles. The molecule has 0 fully saturated rings. The molecule has 1 unspecified atom stereocenters. The Morgan fingerprint density at radius 2 is 1.36 bits per heavy atom. The molecule has 11 heavy (non-hydrogen) atoms. The number of hydrogen-bond donors (Lipinski definition) is 5. The Morgan fingerprint density at radius 3 is 1.36 bits per heavy atom. The number of carboxylic acid groups (broad SMARTS) is 1. The first-order valence-electron chi connectivity index (χ1n) is 1.53. The number of rotatable bonds is 1. The molecule has 0 aliphatic rings. The van der Waals surface area contributed by atoms with Crippen molar-refractivity contribution in [2.24, 2.45) is 0 Å². The quantitative estimate of drug-likeness (QED) is 0.366. The van der Waals surface area contributed by atoms with Crippen molar-refractivity contribution in [2.45, 2.75) is 13.0 Å². The molecule has 1 atom stereocenters. The Labute approximate surface area is 80.8 Å². The average Bonchev–Trinajstić information content (AvgIpc) is 1.36. The molecule has 70 valence electrons. The van der Waals surface area contributed by atoms with Crippen molar-refractivity contribution in [1.82, 2.24) is 24.6 Å². The molecule has 7 nitrogen and oxygen atoms in total. The van der Waals surface area contributed by atoms with Gasteiger partial charge in [0.15, 0.2) is 0 Å². The second-order valence-electron chi connectivity index (χ2n) is 0.995. The molecule has 0 amide bonds. The van der Waals surface area contributed by atoms with Crippen LogP contribution in [0.15, 0.2) is 0 Å². The second kappa shape index (κ2) is 22.5. The molecule has 0 saturated heterocycles. The van der Waals surface area contributed by atoms with Crippen molar-refractivity contribution < 1.29 is 36.7 Å². The minimum Gasteiger partial charge on any atom is -0.547 e. The van der Waals surface area contributed by atoms with Crippen LogP contribution in [-0.2, 0) is 26.5 Å². The molecule has 0 spiro atoms. The molecule has 0 radical (unpaired) electrons. The fourth-order valence-electron chi connectivity index (χ4n) is 0. The maximum absolute atomic E-state index is 9.34. The third kappa shape index (κ3) is 40.1. The van der Waals surface area contributed by atoms with E-state index in [0.29, 0.717) is 0 Å². The number of carboxylic acids is 1. The van der Waals surface area contributed by atoms with E-state index in [0.717, 1.165) is 6.92 Å². The summed E-state index contributed by atoms with van der Waals surface area (Å²) in [6, 6.07) is 0. The van der Waals surface area contributed by atoms with Crippen LogP contribution in [0.25, 0.3) is 0 Å². The van der Waals surface area contributed by atoms with Gasteiger partial charge in [0, 0.05) is 0 Å². The van der Waals surface area contributed by atoms with Crippen molar-refractivity contribution >= 4 is 5.97 Å². The molecule has 0 bridgehead atoms. The fourth-order valence-corrected chi connectivity index (χ4v) is 0. The summed E-state index contributed by atoms with van der Waals surface area (Å²) >= 11 is 0. The number of aliphatic carboxylic acids is 1. The average molecular weight is 209 g/mol. The molecule has 17 N–H and O–H groups in total. The molecule has 0 aromatic rings. The van der Waals surface area contributed by atoms with E-state index in [-0.39, 0.29) is 46.3 Å². The van der Waals surface area contributed by atoms with Gasteiger partial charge in [0.25, 0.3) is 0 Å².